The molecule has 3 aromatic carbocycles. The lowest BCUT2D eigenvalue weighted by Gasteiger charge is -2.26. The second-order valence-electron chi connectivity index (χ2n) is 8.48. The molecule has 0 saturated carbocycles. The van der Waals surface area contributed by atoms with Gasteiger partial charge in [0.25, 0.3) is 10.0 Å². The van der Waals surface area contributed by atoms with Crippen LogP contribution in [0.25, 0.3) is 0 Å². The summed E-state index contributed by atoms with van der Waals surface area (Å²) in [6.45, 7) is 7.98. The van der Waals surface area contributed by atoms with Crippen molar-refractivity contribution in [3.8, 4) is 0 Å². The highest BCUT2D eigenvalue weighted by atomic mass is 32.2. The predicted octanol–water partition coefficient (Wildman–Crippen LogP) is 4.86. The first-order valence-electron chi connectivity index (χ1n) is 11.2. The molecule has 0 bridgehead atoms. The van der Waals surface area contributed by atoms with E-state index < -0.39 is 10.0 Å². The minimum atomic E-state index is -3.91. The first kappa shape index (κ1) is 24.5. The van der Waals surface area contributed by atoms with Gasteiger partial charge in [-0.05, 0) is 75.4 Å². The molecule has 0 radical (unpaired) electrons. The van der Waals surface area contributed by atoms with Gasteiger partial charge in [0.2, 0.25) is 5.91 Å². The van der Waals surface area contributed by atoms with Crippen molar-refractivity contribution >= 4 is 21.6 Å². The maximum absolute atomic E-state index is 13.5. The molecule has 0 saturated heterocycles. The summed E-state index contributed by atoms with van der Waals surface area (Å²) >= 11 is 0. The van der Waals surface area contributed by atoms with Crippen LogP contribution in [0.5, 0.6) is 0 Å². The van der Waals surface area contributed by atoms with E-state index in [1.807, 2.05) is 32.9 Å². The Hall–Kier alpha value is -3.12. The Bertz CT molecular complexity index is 1200. The molecule has 33 heavy (non-hydrogen) atoms. The Morgan fingerprint density at radius 2 is 1.45 bits per heavy atom. The summed E-state index contributed by atoms with van der Waals surface area (Å²) in [6, 6.07) is 20.5. The van der Waals surface area contributed by atoms with Gasteiger partial charge in [-0.25, -0.2) is 8.42 Å². The third-order valence-electron chi connectivity index (χ3n) is 5.83. The Kier molecular flexibility index (Phi) is 7.92. The number of carbonyl (C=O) groups is 1. The van der Waals surface area contributed by atoms with E-state index in [-0.39, 0.29) is 17.3 Å². The van der Waals surface area contributed by atoms with Gasteiger partial charge >= 0.3 is 0 Å². The van der Waals surface area contributed by atoms with Crippen molar-refractivity contribution in [1.29, 1.82) is 0 Å². The lowest BCUT2D eigenvalue weighted by molar-refractivity contribution is -0.119. The zero-order valence-corrected chi connectivity index (χ0v) is 20.6. The number of sulfonamides is 1. The molecule has 0 unspecified atom stereocenters. The molecule has 0 atom stereocenters. The molecule has 0 aromatic heterocycles. The molecule has 0 aliphatic heterocycles. The lowest BCUT2D eigenvalue weighted by Crippen LogP contribution is -2.41. The highest BCUT2D eigenvalue weighted by Gasteiger charge is 2.28. The second kappa shape index (κ2) is 10.7. The maximum atomic E-state index is 13.5. The molecular formula is C27H32N2O3S. The second-order valence-corrected chi connectivity index (χ2v) is 10.3. The fourth-order valence-electron chi connectivity index (χ4n) is 3.60. The van der Waals surface area contributed by atoms with E-state index in [0.29, 0.717) is 12.2 Å². The normalized spacial score (nSPS) is 11.3. The highest BCUT2D eigenvalue weighted by Crippen LogP contribution is 2.28. The molecule has 0 aliphatic rings. The monoisotopic (exact) mass is 464 g/mol. The van der Waals surface area contributed by atoms with Crippen LogP contribution >= 0.6 is 0 Å². The van der Waals surface area contributed by atoms with Gasteiger partial charge in [-0.15, -0.1) is 0 Å². The van der Waals surface area contributed by atoms with Crippen LogP contribution in [0.4, 0.5) is 5.69 Å². The zero-order chi connectivity index (χ0) is 24.0. The molecule has 5 nitrogen and oxygen atoms in total. The molecule has 0 aliphatic carbocycles. The van der Waals surface area contributed by atoms with Crippen molar-refractivity contribution in [1.82, 2.24) is 5.32 Å². The SMILES string of the molecule is Cc1ccc(CCCNC(=O)CN(c2cccc(C)c2C)S(=O)(=O)c2ccc(C)cc2)cc1. The summed E-state index contributed by atoms with van der Waals surface area (Å²) < 4.78 is 28.3. The Balaban J connectivity index is 1.75. The van der Waals surface area contributed by atoms with Gasteiger partial charge in [0.15, 0.2) is 0 Å². The molecule has 0 spiro atoms. The van der Waals surface area contributed by atoms with Crippen LogP contribution in [-0.2, 0) is 21.2 Å². The number of amides is 1. The summed E-state index contributed by atoms with van der Waals surface area (Å²) in [5.41, 5.74) is 5.72. The molecule has 6 heteroatoms. The van der Waals surface area contributed by atoms with E-state index in [1.165, 1.54) is 15.4 Å². The Labute approximate surface area is 197 Å². The largest absolute Gasteiger partial charge is 0.355 e. The van der Waals surface area contributed by atoms with E-state index >= 15 is 0 Å². The molecule has 0 heterocycles. The van der Waals surface area contributed by atoms with Crippen LogP contribution in [0.3, 0.4) is 0 Å². The first-order valence-corrected chi connectivity index (χ1v) is 12.6. The van der Waals surface area contributed by atoms with Crippen molar-refractivity contribution in [2.45, 2.75) is 45.4 Å². The van der Waals surface area contributed by atoms with Gasteiger partial charge in [0, 0.05) is 6.54 Å². The maximum Gasteiger partial charge on any atom is 0.264 e. The zero-order valence-electron chi connectivity index (χ0n) is 19.8. The van der Waals surface area contributed by atoms with Crippen molar-refractivity contribution in [3.05, 3.63) is 94.5 Å². The van der Waals surface area contributed by atoms with Crippen LogP contribution in [0, 0.1) is 27.7 Å². The first-order chi connectivity index (χ1) is 15.7. The highest BCUT2D eigenvalue weighted by molar-refractivity contribution is 7.92. The van der Waals surface area contributed by atoms with Crippen LogP contribution in [0.1, 0.15) is 34.2 Å². The Morgan fingerprint density at radius 1 is 0.848 bits per heavy atom. The molecule has 3 rings (SSSR count). The lowest BCUT2D eigenvalue weighted by atomic mass is 10.1. The quantitative estimate of drug-likeness (QED) is 0.460. The number of carbonyl (C=O) groups excluding carboxylic acids is 1. The molecule has 174 valence electrons. The summed E-state index contributed by atoms with van der Waals surface area (Å²) in [5, 5.41) is 2.89. The molecule has 1 amide bonds. The van der Waals surface area contributed by atoms with E-state index in [1.54, 1.807) is 30.3 Å². The number of nitrogens with one attached hydrogen (secondary N) is 1. The summed E-state index contributed by atoms with van der Waals surface area (Å²) in [6.07, 6.45) is 1.63. The van der Waals surface area contributed by atoms with Gasteiger partial charge in [-0.2, -0.15) is 0 Å². The minimum Gasteiger partial charge on any atom is -0.355 e. The Morgan fingerprint density at radius 3 is 2.09 bits per heavy atom. The van der Waals surface area contributed by atoms with Crippen LogP contribution in [0.2, 0.25) is 0 Å². The van der Waals surface area contributed by atoms with Crippen LogP contribution in [-0.4, -0.2) is 27.4 Å². The molecular weight excluding hydrogens is 432 g/mol. The summed E-state index contributed by atoms with van der Waals surface area (Å²) in [7, 11) is -3.91. The van der Waals surface area contributed by atoms with E-state index in [4.69, 9.17) is 0 Å². The number of anilines is 1. The molecule has 0 fully saturated rings. The van der Waals surface area contributed by atoms with Crippen LogP contribution in [0.15, 0.2) is 71.6 Å². The van der Waals surface area contributed by atoms with E-state index in [0.717, 1.165) is 29.5 Å². The fraction of sp³-hybridized carbons (Fsp3) is 0.296. The average Bonchev–Trinajstić information content (AvgIpc) is 2.78. The van der Waals surface area contributed by atoms with Gasteiger partial charge < -0.3 is 5.32 Å². The molecule has 1 N–H and O–H groups in total. The number of rotatable bonds is 9. The average molecular weight is 465 g/mol. The number of hydrogen-bond donors (Lipinski definition) is 1. The van der Waals surface area contributed by atoms with Gasteiger partial charge in [-0.3, -0.25) is 9.10 Å². The van der Waals surface area contributed by atoms with E-state index in [2.05, 4.69) is 36.5 Å². The third kappa shape index (κ3) is 6.23. The van der Waals surface area contributed by atoms with Crippen molar-refractivity contribution < 1.29 is 13.2 Å². The molecule has 3 aromatic rings. The number of benzene rings is 3. The van der Waals surface area contributed by atoms with Gasteiger partial charge in [-0.1, -0.05) is 59.7 Å². The third-order valence-corrected chi connectivity index (χ3v) is 7.60. The van der Waals surface area contributed by atoms with Crippen molar-refractivity contribution in [2.24, 2.45) is 0 Å². The standard InChI is InChI=1S/C27H32N2O3S/c1-20-10-14-24(15-11-20)8-6-18-28-27(30)19-29(26-9-5-7-22(3)23(26)4)33(31,32)25-16-12-21(2)13-17-25/h5,7,9-17H,6,8,18-19H2,1-4H3,(H,28,30). The summed E-state index contributed by atoms with van der Waals surface area (Å²) in [5.74, 6) is -0.324. The predicted molar refractivity (Wildman–Crippen MR) is 134 cm³/mol. The number of hydrogen-bond acceptors (Lipinski definition) is 3. The van der Waals surface area contributed by atoms with Gasteiger partial charge in [0.05, 0.1) is 10.6 Å². The smallest absolute Gasteiger partial charge is 0.264 e. The van der Waals surface area contributed by atoms with E-state index in [9.17, 15) is 13.2 Å². The van der Waals surface area contributed by atoms with Gasteiger partial charge in [0.1, 0.15) is 6.54 Å². The number of nitrogens with zero attached hydrogens (tertiary/aromatic N) is 1. The minimum absolute atomic E-state index is 0.168. The number of aryl methyl sites for hydroxylation is 4. The fourth-order valence-corrected chi connectivity index (χ4v) is 5.08. The van der Waals surface area contributed by atoms with Crippen molar-refractivity contribution in [2.75, 3.05) is 17.4 Å². The topological polar surface area (TPSA) is 66.5 Å². The van der Waals surface area contributed by atoms with Crippen molar-refractivity contribution in [3.63, 3.8) is 0 Å². The summed E-state index contributed by atoms with van der Waals surface area (Å²) in [4.78, 5) is 13.0. The van der Waals surface area contributed by atoms with Crippen LogP contribution < -0.4 is 9.62 Å².